The Balaban J connectivity index is 1.79. The maximum Gasteiger partial charge on any atom is 0.416 e. The highest BCUT2D eigenvalue weighted by atomic mass is 32.2. The van der Waals surface area contributed by atoms with Crippen molar-refractivity contribution in [1.29, 1.82) is 0 Å². The predicted molar refractivity (Wildman–Crippen MR) is 145 cm³/mol. The van der Waals surface area contributed by atoms with Crippen LogP contribution in [0.4, 0.5) is 18.0 Å². The molecule has 3 rings (SSSR count). The fourth-order valence-corrected chi connectivity index (χ4v) is 5.56. The van der Waals surface area contributed by atoms with Crippen LogP contribution in [-0.4, -0.2) is 63.3 Å². The van der Waals surface area contributed by atoms with E-state index in [2.05, 4.69) is 17.2 Å². The summed E-state index contributed by atoms with van der Waals surface area (Å²) in [5.74, 6) is -1.41. The number of amides is 3. The Morgan fingerprint density at radius 1 is 1.18 bits per heavy atom. The Hall–Kier alpha value is -3.51. The molecule has 40 heavy (non-hydrogen) atoms. The van der Waals surface area contributed by atoms with Gasteiger partial charge in [-0.1, -0.05) is 61.2 Å². The second-order valence-corrected chi connectivity index (χ2v) is 11.3. The smallest absolute Gasteiger partial charge is 0.416 e. The molecule has 0 saturated carbocycles. The molecule has 3 amide bonds. The van der Waals surface area contributed by atoms with Crippen molar-refractivity contribution in [1.82, 2.24) is 15.5 Å². The summed E-state index contributed by atoms with van der Waals surface area (Å²) in [4.78, 5) is 40.3. The lowest BCUT2D eigenvalue weighted by Gasteiger charge is -2.33. The molecule has 1 unspecified atom stereocenters. The lowest BCUT2D eigenvalue weighted by Crippen LogP contribution is -2.58. The molecule has 1 saturated heterocycles. The lowest BCUT2D eigenvalue weighted by atomic mass is 9.97. The van der Waals surface area contributed by atoms with E-state index in [-0.39, 0.29) is 24.5 Å². The Labute approximate surface area is 235 Å². The average Bonchev–Trinajstić information content (AvgIpc) is 3.24. The fourth-order valence-electron chi connectivity index (χ4n) is 4.42. The molecular weight excluding hydrogens is 547 g/mol. The van der Waals surface area contributed by atoms with Gasteiger partial charge < -0.3 is 25.4 Å². The van der Waals surface area contributed by atoms with E-state index in [9.17, 15) is 32.7 Å². The van der Waals surface area contributed by atoms with Gasteiger partial charge >= 0.3 is 12.3 Å². The van der Waals surface area contributed by atoms with Crippen molar-refractivity contribution >= 4 is 29.7 Å². The van der Waals surface area contributed by atoms with Crippen LogP contribution < -0.4 is 10.6 Å². The van der Waals surface area contributed by atoms with Crippen LogP contribution in [0.1, 0.15) is 30.5 Å². The average molecular weight is 580 g/mol. The van der Waals surface area contributed by atoms with Crippen LogP contribution in [0.3, 0.4) is 0 Å². The van der Waals surface area contributed by atoms with Crippen LogP contribution in [0.5, 0.6) is 0 Å². The number of thioether (sulfide) groups is 1. The van der Waals surface area contributed by atoms with Gasteiger partial charge in [0.05, 0.1) is 17.5 Å². The van der Waals surface area contributed by atoms with Crippen molar-refractivity contribution in [2.75, 3.05) is 12.5 Å². The lowest BCUT2D eigenvalue weighted by molar-refractivity contribution is -0.147. The second-order valence-electron chi connectivity index (χ2n) is 9.73. The van der Waals surface area contributed by atoms with Crippen LogP contribution in [-0.2, 0) is 33.5 Å². The maximum absolute atomic E-state index is 13.6. The van der Waals surface area contributed by atoms with E-state index in [1.165, 1.54) is 40.9 Å². The summed E-state index contributed by atoms with van der Waals surface area (Å²) in [6.07, 6.45) is -5.74. The molecule has 0 radical (unpaired) electrons. The molecule has 1 heterocycles. The molecule has 1 fully saturated rings. The van der Waals surface area contributed by atoms with Crippen LogP contribution in [0.2, 0.25) is 0 Å². The number of carbonyl (C=O) groups is 3. The summed E-state index contributed by atoms with van der Waals surface area (Å²) in [6.45, 7) is 6.46. The molecule has 2 aromatic rings. The van der Waals surface area contributed by atoms with Gasteiger partial charge in [-0.05, 0) is 37.5 Å². The first-order valence-electron chi connectivity index (χ1n) is 12.5. The predicted octanol–water partition coefficient (Wildman–Crippen LogP) is 3.89. The molecule has 8 nitrogen and oxygen atoms in total. The largest absolute Gasteiger partial charge is 0.445 e. The monoisotopic (exact) mass is 579 g/mol. The number of rotatable bonds is 10. The van der Waals surface area contributed by atoms with Gasteiger partial charge in [0.2, 0.25) is 5.91 Å². The third-order valence-corrected chi connectivity index (χ3v) is 7.80. The van der Waals surface area contributed by atoms with E-state index in [0.717, 1.165) is 11.6 Å². The van der Waals surface area contributed by atoms with Crippen LogP contribution in [0.15, 0.2) is 67.3 Å². The zero-order valence-corrected chi connectivity index (χ0v) is 22.9. The third kappa shape index (κ3) is 7.79. The van der Waals surface area contributed by atoms with E-state index < -0.39 is 59.1 Å². The van der Waals surface area contributed by atoms with E-state index in [1.807, 2.05) is 0 Å². The molecule has 0 aromatic heterocycles. The molecule has 12 heteroatoms. The minimum Gasteiger partial charge on any atom is -0.445 e. The zero-order valence-electron chi connectivity index (χ0n) is 22.1. The molecule has 0 bridgehead atoms. The quantitative estimate of drug-likeness (QED) is 0.369. The fraction of sp³-hybridized carbons (Fsp3) is 0.393. The van der Waals surface area contributed by atoms with Gasteiger partial charge in [-0.3, -0.25) is 9.59 Å². The number of alkyl carbamates (subject to hydrolysis) is 1. The third-order valence-electron chi connectivity index (χ3n) is 6.42. The van der Waals surface area contributed by atoms with Gasteiger partial charge in [-0.25, -0.2) is 4.79 Å². The summed E-state index contributed by atoms with van der Waals surface area (Å²) < 4.78 is 44.4. The second kappa shape index (κ2) is 13.2. The number of nitrogens with one attached hydrogen (secondary N) is 2. The van der Waals surface area contributed by atoms with Gasteiger partial charge in [0.1, 0.15) is 12.6 Å². The zero-order chi connectivity index (χ0) is 29.5. The number of benzene rings is 2. The van der Waals surface area contributed by atoms with Gasteiger partial charge in [-0.2, -0.15) is 13.2 Å². The number of ether oxygens (including phenoxy) is 1. The van der Waals surface area contributed by atoms with Crippen LogP contribution >= 0.6 is 11.8 Å². The first-order chi connectivity index (χ1) is 18.8. The number of halogens is 3. The Kier molecular flexibility index (Phi) is 10.3. The summed E-state index contributed by atoms with van der Waals surface area (Å²) >= 11 is 1.29. The minimum atomic E-state index is -4.59. The number of alkyl halides is 3. The number of aliphatic hydroxyl groups excluding tert-OH is 1. The first kappa shape index (κ1) is 31.0. The standard InChI is InChI=1S/C28H32F3N3O5S/c1-4-14-39-26(38)33-21(15-18-10-6-5-7-11-18)22(35)25(37)34-17-40-27(2,3)23(34)24(36)32-16-19-12-8-9-13-20(19)28(29,30)31/h4-13,21-23,35H,1,14-17H2,2-3H3,(H,32,36)(H,33,38)/t21-,22-,23?/m0/s1. The highest BCUT2D eigenvalue weighted by Crippen LogP contribution is 2.40. The van der Waals surface area contributed by atoms with Gasteiger partial charge in [0.15, 0.2) is 6.10 Å². The van der Waals surface area contributed by atoms with E-state index in [1.54, 1.807) is 44.2 Å². The summed E-state index contributed by atoms with van der Waals surface area (Å²) in [5, 5.41) is 16.2. The normalized spacial score (nSPS) is 17.9. The molecule has 3 atom stereocenters. The van der Waals surface area contributed by atoms with E-state index in [0.29, 0.717) is 0 Å². The summed E-state index contributed by atoms with van der Waals surface area (Å²) in [5.41, 5.74) is -0.246. The molecule has 2 aromatic carbocycles. The molecule has 0 aliphatic carbocycles. The molecule has 0 spiro atoms. The van der Waals surface area contributed by atoms with Crippen LogP contribution in [0, 0.1) is 0 Å². The highest BCUT2D eigenvalue weighted by Gasteiger charge is 2.50. The molecule has 216 valence electrons. The SMILES string of the molecule is C=CCOC(=O)N[C@@H](Cc1ccccc1)[C@H](O)C(=O)N1CSC(C)(C)C1C(=O)NCc1ccccc1C(F)(F)F. The molecule has 3 N–H and O–H groups in total. The van der Waals surface area contributed by atoms with Crippen molar-refractivity contribution in [2.45, 2.75) is 55.9 Å². The van der Waals surface area contributed by atoms with Crippen molar-refractivity contribution in [2.24, 2.45) is 0 Å². The summed E-state index contributed by atoms with van der Waals surface area (Å²) in [7, 11) is 0. The van der Waals surface area contributed by atoms with Crippen molar-refractivity contribution < 1.29 is 37.4 Å². The van der Waals surface area contributed by atoms with Gasteiger partial charge in [0.25, 0.3) is 5.91 Å². The maximum atomic E-state index is 13.6. The van der Waals surface area contributed by atoms with Crippen molar-refractivity contribution in [3.63, 3.8) is 0 Å². The Morgan fingerprint density at radius 3 is 2.48 bits per heavy atom. The number of hydrogen-bond donors (Lipinski definition) is 3. The van der Waals surface area contributed by atoms with Gasteiger partial charge in [0, 0.05) is 11.3 Å². The summed E-state index contributed by atoms with van der Waals surface area (Å²) in [6, 6.07) is 11.6. The Bertz CT molecular complexity index is 1210. The molecular formula is C28H32F3N3O5S. The van der Waals surface area contributed by atoms with Crippen molar-refractivity contribution in [3.05, 3.63) is 83.9 Å². The highest BCUT2D eigenvalue weighted by molar-refractivity contribution is 8.00. The number of aliphatic hydroxyl groups is 1. The number of nitrogens with zero attached hydrogens (tertiary/aromatic N) is 1. The van der Waals surface area contributed by atoms with E-state index in [4.69, 9.17) is 4.74 Å². The minimum absolute atomic E-state index is 0.0546. The molecule has 1 aliphatic rings. The molecule has 1 aliphatic heterocycles. The first-order valence-corrected chi connectivity index (χ1v) is 13.5. The Morgan fingerprint density at radius 2 is 1.82 bits per heavy atom. The van der Waals surface area contributed by atoms with Crippen LogP contribution in [0.25, 0.3) is 0 Å². The van der Waals surface area contributed by atoms with E-state index >= 15 is 0 Å². The number of carbonyl (C=O) groups excluding carboxylic acids is 3. The van der Waals surface area contributed by atoms with Gasteiger partial charge in [-0.15, -0.1) is 11.8 Å². The van der Waals surface area contributed by atoms with Crippen molar-refractivity contribution in [3.8, 4) is 0 Å². The number of hydrogen-bond acceptors (Lipinski definition) is 6. The topological polar surface area (TPSA) is 108 Å².